The second-order valence-corrected chi connectivity index (χ2v) is 8.56. The van der Waals surface area contributed by atoms with Crippen LogP contribution >= 0.6 is 15.9 Å². The monoisotopic (exact) mass is 564 g/mol. The fraction of sp³-hybridized carbons (Fsp3) is 0.185. The molecular formula is C27H25BrN4O5. The lowest BCUT2D eigenvalue weighted by Gasteiger charge is -2.13. The predicted octanol–water partition coefficient (Wildman–Crippen LogP) is 4.79. The highest BCUT2D eigenvalue weighted by Crippen LogP contribution is 2.36. The number of halogens is 1. The molecule has 0 saturated carbocycles. The molecule has 0 aromatic heterocycles. The molecule has 0 atom stereocenters. The summed E-state index contributed by atoms with van der Waals surface area (Å²) in [7, 11) is 3.09. The predicted molar refractivity (Wildman–Crippen MR) is 143 cm³/mol. The molecule has 9 nitrogen and oxygen atoms in total. The van der Waals surface area contributed by atoms with Gasteiger partial charge in [-0.1, -0.05) is 12.1 Å². The number of hydrogen-bond donors (Lipinski definition) is 2. The largest absolute Gasteiger partial charge is 0.497 e. The van der Waals surface area contributed by atoms with Gasteiger partial charge in [0.25, 0.3) is 0 Å². The van der Waals surface area contributed by atoms with Crippen molar-refractivity contribution < 1.29 is 23.8 Å². The third-order valence-corrected chi connectivity index (χ3v) is 5.66. The minimum Gasteiger partial charge on any atom is -0.497 e. The van der Waals surface area contributed by atoms with Gasteiger partial charge in [0.15, 0.2) is 11.5 Å². The molecule has 0 spiro atoms. The van der Waals surface area contributed by atoms with E-state index in [2.05, 4.69) is 37.8 Å². The zero-order valence-corrected chi connectivity index (χ0v) is 21.9. The number of amides is 2. The summed E-state index contributed by atoms with van der Waals surface area (Å²) in [5, 5.41) is 15.6. The molecule has 0 bridgehead atoms. The average Bonchev–Trinajstić information content (AvgIpc) is 2.91. The first-order valence-electron chi connectivity index (χ1n) is 11.2. The summed E-state index contributed by atoms with van der Waals surface area (Å²) in [6, 6.07) is 19.6. The van der Waals surface area contributed by atoms with Crippen LogP contribution in [0.2, 0.25) is 0 Å². The number of nitrogens with one attached hydrogen (secondary N) is 2. The second-order valence-electron chi connectivity index (χ2n) is 7.70. The van der Waals surface area contributed by atoms with Crippen molar-refractivity contribution in [3.05, 3.63) is 81.8 Å². The number of hydrazone groups is 1. The van der Waals surface area contributed by atoms with E-state index in [0.717, 1.165) is 5.56 Å². The third kappa shape index (κ3) is 8.37. The first-order valence-corrected chi connectivity index (χ1v) is 12.0. The van der Waals surface area contributed by atoms with Crippen LogP contribution in [0.4, 0.5) is 5.69 Å². The minimum atomic E-state index is -0.394. The van der Waals surface area contributed by atoms with Gasteiger partial charge in [0.1, 0.15) is 12.4 Å². The summed E-state index contributed by atoms with van der Waals surface area (Å²) in [4.78, 5) is 24.2. The van der Waals surface area contributed by atoms with Gasteiger partial charge in [-0.15, -0.1) is 0 Å². The molecule has 2 N–H and O–H groups in total. The molecule has 0 heterocycles. The van der Waals surface area contributed by atoms with Gasteiger partial charge in [-0.3, -0.25) is 9.59 Å². The Morgan fingerprint density at radius 3 is 2.35 bits per heavy atom. The molecule has 37 heavy (non-hydrogen) atoms. The van der Waals surface area contributed by atoms with Gasteiger partial charge in [0.05, 0.1) is 36.5 Å². The average molecular weight is 565 g/mol. The highest BCUT2D eigenvalue weighted by molar-refractivity contribution is 9.10. The lowest BCUT2D eigenvalue weighted by molar-refractivity contribution is -0.124. The molecule has 0 unspecified atom stereocenters. The van der Waals surface area contributed by atoms with Crippen LogP contribution in [-0.4, -0.2) is 32.2 Å². The number of ether oxygens (including phenoxy) is 3. The van der Waals surface area contributed by atoms with E-state index in [1.165, 1.54) is 13.3 Å². The van der Waals surface area contributed by atoms with Crippen LogP contribution in [0.5, 0.6) is 17.2 Å². The number of anilines is 1. The van der Waals surface area contributed by atoms with Crippen molar-refractivity contribution >= 4 is 39.6 Å². The first-order chi connectivity index (χ1) is 17.9. The Balaban J connectivity index is 1.50. The number of hydrogen-bond acceptors (Lipinski definition) is 7. The third-order valence-electron chi connectivity index (χ3n) is 5.07. The summed E-state index contributed by atoms with van der Waals surface area (Å²) in [5.41, 5.74) is 5.18. The molecule has 3 aromatic rings. The highest BCUT2D eigenvalue weighted by Gasteiger charge is 2.12. The van der Waals surface area contributed by atoms with E-state index >= 15 is 0 Å². The van der Waals surface area contributed by atoms with Crippen molar-refractivity contribution in [2.75, 3.05) is 19.5 Å². The molecular weight excluding hydrogens is 540 g/mol. The fourth-order valence-electron chi connectivity index (χ4n) is 3.15. The van der Waals surface area contributed by atoms with Gasteiger partial charge < -0.3 is 19.5 Å². The van der Waals surface area contributed by atoms with Gasteiger partial charge in [0.2, 0.25) is 11.8 Å². The maximum Gasteiger partial charge on any atom is 0.240 e. The molecule has 10 heteroatoms. The normalized spacial score (nSPS) is 10.4. The number of nitrogens with zero attached hydrogens (tertiary/aromatic N) is 2. The topological polar surface area (TPSA) is 122 Å². The van der Waals surface area contributed by atoms with Crippen molar-refractivity contribution in [2.45, 2.75) is 19.4 Å². The highest BCUT2D eigenvalue weighted by atomic mass is 79.9. The summed E-state index contributed by atoms with van der Waals surface area (Å²) < 4.78 is 17.1. The van der Waals surface area contributed by atoms with E-state index in [1.807, 2.05) is 12.1 Å². The van der Waals surface area contributed by atoms with Crippen molar-refractivity contribution in [2.24, 2.45) is 5.10 Å². The van der Waals surface area contributed by atoms with Crippen LogP contribution in [0.1, 0.15) is 29.5 Å². The first kappa shape index (κ1) is 27.2. The van der Waals surface area contributed by atoms with E-state index in [4.69, 9.17) is 19.5 Å². The van der Waals surface area contributed by atoms with E-state index in [9.17, 15) is 9.59 Å². The smallest absolute Gasteiger partial charge is 0.240 e. The van der Waals surface area contributed by atoms with Crippen molar-refractivity contribution in [3.8, 4) is 23.3 Å². The lowest BCUT2D eigenvalue weighted by Crippen LogP contribution is -2.20. The number of carbonyl (C=O) groups is 2. The van der Waals surface area contributed by atoms with Gasteiger partial charge in [-0.25, -0.2) is 5.43 Å². The fourth-order valence-corrected chi connectivity index (χ4v) is 3.72. The number of carbonyl (C=O) groups excluding carboxylic acids is 2. The van der Waals surface area contributed by atoms with E-state index in [1.54, 1.807) is 55.6 Å². The number of benzene rings is 3. The van der Waals surface area contributed by atoms with Crippen LogP contribution < -0.4 is 25.0 Å². The molecule has 0 aliphatic heterocycles. The molecule has 3 aromatic carbocycles. The Hall–Kier alpha value is -4.36. The standard InChI is InChI=1S/C27H25BrN4O5/c1-35-22-9-7-21(8-10-22)31-25(33)11-12-26(34)32-30-16-20-13-23(28)27(24(14-20)36-2)37-17-19-5-3-18(15-29)4-6-19/h3-10,13-14,16H,11-12,17H2,1-2H3,(H,31,33)(H,32,34). The maximum atomic E-state index is 12.1. The Morgan fingerprint density at radius 1 is 1.00 bits per heavy atom. The van der Waals surface area contributed by atoms with Gasteiger partial charge in [-0.05, 0) is 75.6 Å². The van der Waals surface area contributed by atoms with Gasteiger partial charge in [0, 0.05) is 18.5 Å². The van der Waals surface area contributed by atoms with Crippen molar-refractivity contribution in [1.82, 2.24) is 5.43 Å². The van der Waals surface area contributed by atoms with Gasteiger partial charge in [-0.2, -0.15) is 10.4 Å². The molecule has 2 amide bonds. The summed E-state index contributed by atoms with van der Waals surface area (Å²) >= 11 is 3.48. The van der Waals surface area contributed by atoms with E-state index in [0.29, 0.717) is 38.5 Å². The lowest BCUT2D eigenvalue weighted by atomic mass is 10.1. The molecule has 0 saturated heterocycles. The van der Waals surface area contributed by atoms with E-state index in [-0.39, 0.29) is 25.4 Å². The van der Waals surface area contributed by atoms with E-state index < -0.39 is 5.91 Å². The molecule has 0 aliphatic rings. The molecule has 0 radical (unpaired) electrons. The summed E-state index contributed by atoms with van der Waals surface area (Å²) in [5.74, 6) is 0.996. The van der Waals surface area contributed by atoms with Crippen molar-refractivity contribution in [3.63, 3.8) is 0 Å². The molecule has 0 fully saturated rings. The Morgan fingerprint density at radius 2 is 1.70 bits per heavy atom. The molecule has 3 rings (SSSR count). The van der Waals surface area contributed by atoms with Crippen LogP contribution in [-0.2, 0) is 16.2 Å². The Labute approximate surface area is 223 Å². The van der Waals surface area contributed by atoms with Crippen molar-refractivity contribution in [1.29, 1.82) is 5.26 Å². The molecule has 190 valence electrons. The summed E-state index contributed by atoms with van der Waals surface area (Å²) in [6.45, 7) is 0.288. The Kier molecular flexibility index (Phi) is 10.0. The second kappa shape index (κ2) is 13.7. The van der Waals surface area contributed by atoms with Crippen LogP contribution in [0.15, 0.2) is 70.2 Å². The van der Waals surface area contributed by atoms with Crippen LogP contribution in [0.25, 0.3) is 0 Å². The Bertz CT molecular complexity index is 1300. The summed E-state index contributed by atoms with van der Waals surface area (Å²) in [6.07, 6.45) is 1.46. The quantitative estimate of drug-likeness (QED) is 0.255. The van der Waals surface area contributed by atoms with Crippen LogP contribution in [0.3, 0.4) is 0 Å². The zero-order chi connectivity index (χ0) is 26.6. The maximum absolute atomic E-state index is 12.1. The number of nitriles is 1. The number of rotatable bonds is 11. The molecule has 0 aliphatic carbocycles. The zero-order valence-electron chi connectivity index (χ0n) is 20.3. The van der Waals surface area contributed by atoms with Crippen LogP contribution in [0, 0.1) is 11.3 Å². The van der Waals surface area contributed by atoms with Gasteiger partial charge >= 0.3 is 0 Å². The minimum absolute atomic E-state index is 0.0119. The SMILES string of the molecule is COc1ccc(NC(=O)CCC(=O)NN=Cc2cc(Br)c(OCc3ccc(C#N)cc3)c(OC)c2)cc1. The number of methoxy groups -OCH3 is 2.